The van der Waals surface area contributed by atoms with E-state index >= 15 is 0 Å². The summed E-state index contributed by atoms with van der Waals surface area (Å²) >= 11 is 0. The maximum Gasteiger partial charge on any atom is 0.335 e. The van der Waals surface area contributed by atoms with Gasteiger partial charge in [-0.3, -0.25) is 0 Å². The summed E-state index contributed by atoms with van der Waals surface area (Å²) in [4.78, 5) is 11.0. The summed E-state index contributed by atoms with van der Waals surface area (Å²) < 4.78 is 31.6. The SMILES string of the molecule is COc1ccc(N(c2ccccc2C#Cc2ccc(C(=O)O)cc2)[SH](=O)=O)c2ccccc12. The standard InChI is InChI=1S/C26H19NO5S/c1-32-25-17-16-24(21-7-3-4-8-22(21)25)27(33(30)31)23-9-5-2-6-19(23)13-10-18-11-14-20(15-12-18)26(28)29/h2-9,11-12,14-17,33H,1H3,(H,28,29). The number of hydrogen-bond acceptors (Lipinski definition) is 4. The van der Waals surface area contributed by atoms with Crippen molar-refractivity contribution in [1.82, 2.24) is 0 Å². The minimum absolute atomic E-state index is 0.168. The van der Waals surface area contributed by atoms with Crippen LogP contribution in [-0.4, -0.2) is 26.6 Å². The lowest BCUT2D eigenvalue weighted by Gasteiger charge is -2.22. The van der Waals surface area contributed by atoms with E-state index < -0.39 is 16.9 Å². The molecule has 0 spiro atoms. The average molecular weight is 458 g/mol. The van der Waals surface area contributed by atoms with Crippen molar-refractivity contribution in [3.8, 4) is 17.6 Å². The molecule has 0 aliphatic heterocycles. The van der Waals surface area contributed by atoms with Gasteiger partial charge in [0, 0.05) is 21.9 Å². The molecular weight excluding hydrogens is 438 g/mol. The number of fused-ring (bicyclic) bond motifs is 1. The Bertz CT molecular complexity index is 1470. The van der Waals surface area contributed by atoms with Crippen molar-refractivity contribution < 1.29 is 23.1 Å². The molecule has 164 valence electrons. The highest BCUT2D eigenvalue weighted by Crippen LogP contribution is 2.38. The maximum atomic E-state index is 12.5. The quantitative estimate of drug-likeness (QED) is 0.338. The van der Waals surface area contributed by atoms with Crippen molar-refractivity contribution in [2.24, 2.45) is 0 Å². The van der Waals surface area contributed by atoms with E-state index in [1.54, 1.807) is 55.6 Å². The summed E-state index contributed by atoms with van der Waals surface area (Å²) in [5, 5.41) is 10.6. The summed E-state index contributed by atoms with van der Waals surface area (Å²) in [5.74, 6) is 5.64. The van der Waals surface area contributed by atoms with Gasteiger partial charge in [-0.2, -0.15) is 0 Å². The third-order valence-corrected chi connectivity index (χ3v) is 5.84. The van der Waals surface area contributed by atoms with E-state index in [0.29, 0.717) is 28.3 Å². The van der Waals surface area contributed by atoms with E-state index in [0.717, 1.165) is 10.8 Å². The van der Waals surface area contributed by atoms with E-state index in [1.165, 1.54) is 16.4 Å². The van der Waals surface area contributed by atoms with Crippen molar-refractivity contribution in [3.63, 3.8) is 0 Å². The molecule has 0 fully saturated rings. The zero-order valence-corrected chi connectivity index (χ0v) is 18.5. The number of methoxy groups -OCH3 is 1. The Morgan fingerprint density at radius 2 is 1.48 bits per heavy atom. The molecule has 0 aliphatic carbocycles. The average Bonchev–Trinajstić information content (AvgIpc) is 2.83. The minimum Gasteiger partial charge on any atom is -0.496 e. The first-order chi connectivity index (χ1) is 16.0. The summed E-state index contributed by atoms with van der Waals surface area (Å²) in [5.41, 5.74) is 2.20. The Hall–Kier alpha value is -4.28. The summed E-state index contributed by atoms with van der Waals surface area (Å²) in [7, 11) is -1.47. The molecule has 7 heteroatoms. The number of hydrogen-bond donors (Lipinski definition) is 2. The molecule has 4 aromatic rings. The molecule has 0 saturated carbocycles. The van der Waals surface area contributed by atoms with Crippen molar-refractivity contribution >= 4 is 39.0 Å². The second kappa shape index (κ2) is 9.47. The van der Waals surface area contributed by atoms with Crippen molar-refractivity contribution in [2.75, 3.05) is 11.4 Å². The monoisotopic (exact) mass is 457 g/mol. The Morgan fingerprint density at radius 1 is 0.818 bits per heavy atom. The molecule has 0 aromatic heterocycles. The third kappa shape index (κ3) is 4.52. The first-order valence-electron chi connectivity index (χ1n) is 9.94. The zero-order chi connectivity index (χ0) is 23.4. The fourth-order valence-electron chi connectivity index (χ4n) is 3.52. The highest BCUT2D eigenvalue weighted by molar-refractivity contribution is 7.74. The van der Waals surface area contributed by atoms with Gasteiger partial charge in [0.1, 0.15) is 5.75 Å². The second-order valence-corrected chi connectivity index (χ2v) is 7.91. The van der Waals surface area contributed by atoms with Crippen LogP contribution in [0.3, 0.4) is 0 Å². The first kappa shape index (κ1) is 21.9. The van der Waals surface area contributed by atoms with Crippen LogP contribution >= 0.6 is 0 Å². The molecule has 0 saturated heterocycles. The Labute approximate surface area is 192 Å². The van der Waals surface area contributed by atoms with Gasteiger partial charge < -0.3 is 9.84 Å². The molecule has 1 N–H and O–H groups in total. The fourth-order valence-corrected chi connectivity index (χ4v) is 4.22. The number of para-hydroxylation sites is 1. The van der Waals surface area contributed by atoms with E-state index in [2.05, 4.69) is 11.8 Å². The number of ether oxygens (including phenoxy) is 1. The molecule has 0 radical (unpaired) electrons. The lowest BCUT2D eigenvalue weighted by atomic mass is 10.1. The van der Waals surface area contributed by atoms with Crippen LogP contribution in [0, 0.1) is 11.8 Å². The van der Waals surface area contributed by atoms with Gasteiger partial charge in [0.15, 0.2) is 0 Å². The lowest BCUT2D eigenvalue weighted by Crippen LogP contribution is -2.16. The summed E-state index contributed by atoms with van der Waals surface area (Å²) in [6, 6.07) is 24.0. The Balaban J connectivity index is 1.83. The molecule has 4 aromatic carbocycles. The van der Waals surface area contributed by atoms with Crippen LogP contribution in [0.1, 0.15) is 21.5 Å². The topological polar surface area (TPSA) is 83.9 Å². The summed E-state index contributed by atoms with van der Waals surface area (Å²) in [6.07, 6.45) is 0. The van der Waals surface area contributed by atoms with Crippen LogP contribution in [0.15, 0.2) is 84.9 Å². The van der Waals surface area contributed by atoms with Crippen LogP contribution in [0.5, 0.6) is 5.75 Å². The highest BCUT2D eigenvalue weighted by atomic mass is 32.2. The smallest absolute Gasteiger partial charge is 0.335 e. The van der Waals surface area contributed by atoms with Crippen molar-refractivity contribution in [3.05, 3.63) is 102 Å². The number of thiol groups is 1. The van der Waals surface area contributed by atoms with Crippen LogP contribution in [0.25, 0.3) is 10.8 Å². The molecule has 6 nitrogen and oxygen atoms in total. The zero-order valence-electron chi connectivity index (χ0n) is 17.6. The molecular formula is C26H19NO5S. The largest absolute Gasteiger partial charge is 0.496 e. The molecule has 0 bridgehead atoms. The Morgan fingerprint density at radius 3 is 2.15 bits per heavy atom. The van der Waals surface area contributed by atoms with Gasteiger partial charge in [-0.25, -0.2) is 17.5 Å². The van der Waals surface area contributed by atoms with Gasteiger partial charge in [-0.15, -0.1) is 0 Å². The van der Waals surface area contributed by atoms with E-state index in [4.69, 9.17) is 9.84 Å². The molecule has 33 heavy (non-hydrogen) atoms. The second-order valence-electron chi connectivity index (χ2n) is 7.03. The molecule has 0 heterocycles. The van der Waals surface area contributed by atoms with Crippen LogP contribution in [0.2, 0.25) is 0 Å². The van der Waals surface area contributed by atoms with E-state index in [9.17, 15) is 13.2 Å². The number of rotatable bonds is 5. The fraction of sp³-hybridized carbons (Fsp3) is 0.0385. The van der Waals surface area contributed by atoms with E-state index in [1.807, 2.05) is 24.3 Å². The van der Waals surface area contributed by atoms with Gasteiger partial charge >= 0.3 is 5.97 Å². The normalized spacial score (nSPS) is 10.5. The number of aromatic carboxylic acids is 1. The molecule has 0 aliphatic rings. The number of carboxylic acid groups (broad SMARTS) is 1. The van der Waals surface area contributed by atoms with Gasteiger partial charge in [-0.05, 0) is 48.5 Å². The predicted molar refractivity (Wildman–Crippen MR) is 129 cm³/mol. The van der Waals surface area contributed by atoms with Crippen molar-refractivity contribution in [1.29, 1.82) is 0 Å². The molecule has 0 amide bonds. The molecule has 0 atom stereocenters. The van der Waals surface area contributed by atoms with Crippen LogP contribution in [-0.2, 0) is 10.9 Å². The van der Waals surface area contributed by atoms with Crippen LogP contribution in [0.4, 0.5) is 11.4 Å². The van der Waals surface area contributed by atoms with Crippen molar-refractivity contribution in [2.45, 2.75) is 0 Å². The first-order valence-corrected chi connectivity index (χ1v) is 11.1. The van der Waals surface area contributed by atoms with Gasteiger partial charge in [0.2, 0.25) is 10.9 Å². The predicted octanol–water partition coefficient (Wildman–Crippen LogP) is 4.61. The molecule has 4 rings (SSSR count). The lowest BCUT2D eigenvalue weighted by molar-refractivity contribution is 0.0697. The maximum absolute atomic E-state index is 12.5. The molecule has 0 unspecified atom stereocenters. The highest BCUT2D eigenvalue weighted by Gasteiger charge is 2.18. The van der Waals surface area contributed by atoms with Crippen LogP contribution < -0.4 is 9.04 Å². The number of anilines is 2. The van der Waals surface area contributed by atoms with E-state index in [-0.39, 0.29) is 5.56 Å². The third-order valence-electron chi connectivity index (χ3n) is 5.08. The summed E-state index contributed by atoms with van der Waals surface area (Å²) in [6.45, 7) is 0. The van der Waals surface area contributed by atoms with Gasteiger partial charge in [0.05, 0.1) is 24.0 Å². The minimum atomic E-state index is -3.04. The number of nitrogens with zero attached hydrogens (tertiary/aromatic N) is 1. The number of carboxylic acids is 1. The number of benzene rings is 4. The number of carbonyl (C=O) groups is 1. The van der Waals surface area contributed by atoms with Gasteiger partial charge in [0.25, 0.3) is 0 Å². The van der Waals surface area contributed by atoms with Gasteiger partial charge in [-0.1, -0.05) is 48.2 Å². The Kier molecular flexibility index (Phi) is 6.29.